The van der Waals surface area contributed by atoms with E-state index in [1.807, 2.05) is 6.07 Å². The van der Waals surface area contributed by atoms with E-state index in [9.17, 15) is 9.90 Å². The van der Waals surface area contributed by atoms with Crippen LogP contribution in [0.5, 0.6) is 11.5 Å². The van der Waals surface area contributed by atoms with Crippen molar-refractivity contribution >= 4 is 23.5 Å². The second-order valence-electron chi connectivity index (χ2n) is 4.12. The molecule has 0 radical (unpaired) electrons. The molecule has 1 N–H and O–H groups in total. The zero-order valence-corrected chi connectivity index (χ0v) is 11.6. The zero-order chi connectivity index (χ0) is 14.5. The Morgan fingerprint density at radius 1 is 1.20 bits per heavy atom. The van der Waals surface area contributed by atoms with E-state index in [0.29, 0.717) is 16.9 Å². The van der Waals surface area contributed by atoms with Gasteiger partial charge in [-0.25, -0.2) is 0 Å². The van der Waals surface area contributed by atoms with Crippen molar-refractivity contribution in [2.75, 3.05) is 7.11 Å². The molecule has 0 heterocycles. The van der Waals surface area contributed by atoms with Crippen molar-refractivity contribution in [1.82, 2.24) is 0 Å². The van der Waals surface area contributed by atoms with Gasteiger partial charge in [0.15, 0.2) is 11.5 Å². The van der Waals surface area contributed by atoms with Crippen LogP contribution in [-0.4, -0.2) is 18.0 Å². The molecule has 0 amide bonds. The van der Waals surface area contributed by atoms with Gasteiger partial charge in [0.25, 0.3) is 0 Å². The summed E-state index contributed by atoms with van der Waals surface area (Å²) in [6, 6.07) is 13.5. The molecule has 2 aromatic rings. The highest BCUT2D eigenvalue weighted by atomic mass is 35.5. The number of hydrogen-bond donors (Lipinski definition) is 1. The normalized spacial score (nSPS) is 11.2. The lowest BCUT2D eigenvalue weighted by molar-refractivity contribution is 0.104. The number of carbonyl (C=O) groups excluding carboxylic acids is 1. The summed E-state index contributed by atoms with van der Waals surface area (Å²) in [5.74, 6) is 0.116. The summed E-state index contributed by atoms with van der Waals surface area (Å²) in [6.45, 7) is 0. The summed E-state index contributed by atoms with van der Waals surface area (Å²) in [5.41, 5.74) is 1.20. The van der Waals surface area contributed by atoms with E-state index in [2.05, 4.69) is 0 Å². The summed E-state index contributed by atoms with van der Waals surface area (Å²) < 4.78 is 5.01. The van der Waals surface area contributed by atoms with Gasteiger partial charge in [0.05, 0.1) is 12.1 Å². The first kappa shape index (κ1) is 14.2. The van der Waals surface area contributed by atoms with Gasteiger partial charge in [-0.15, -0.1) is 0 Å². The summed E-state index contributed by atoms with van der Waals surface area (Å²) in [6.07, 6.45) is 1.54. The Hall–Kier alpha value is -2.26. The highest BCUT2D eigenvalue weighted by Gasteiger charge is 2.10. The number of ether oxygens (including phenoxy) is 1. The topological polar surface area (TPSA) is 46.5 Å². The van der Waals surface area contributed by atoms with E-state index >= 15 is 0 Å². The number of benzene rings is 2. The summed E-state index contributed by atoms with van der Waals surface area (Å²) in [7, 11) is 1.46. The Bertz CT molecular complexity index is 648. The Labute approximate surface area is 122 Å². The monoisotopic (exact) mass is 288 g/mol. The SMILES string of the molecule is COc1cc(C=C(Cl)C(=O)c2ccccc2)ccc1O. The molecule has 2 rings (SSSR count). The fourth-order valence-electron chi connectivity index (χ4n) is 1.72. The molecule has 0 aliphatic rings. The highest BCUT2D eigenvalue weighted by molar-refractivity contribution is 6.47. The van der Waals surface area contributed by atoms with Crippen LogP contribution in [0.15, 0.2) is 53.6 Å². The van der Waals surface area contributed by atoms with Crippen LogP contribution in [-0.2, 0) is 0 Å². The van der Waals surface area contributed by atoms with Crippen molar-refractivity contribution in [3.63, 3.8) is 0 Å². The van der Waals surface area contributed by atoms with Gasteiger partial charge < -0.3 is 9.84 Å². The molecule has 20 heavy (non-hydrogen) atoms. The fraction of sp³-hybridized carbons (Fsp3) is 0.0625. The highest BCUT2D eigenvalue weighted by Crippen LogP contribution is 2.28. The van der Waals surface area contributed by atoms with Crippen LogP contribution in [0, 0.1) is 0 Å². The molecule has 0 aromatic heterocycles. The molecule has 0 atom stereocenters. The minimum atomic E-state index is -0.251. The van der Waals surface area contributed by atoms with Crippen LogP contribution in [0.3, 0.4) is 0 Å². The Morgan fingerprint density at radius 2 is 1.90 bits per heavy atom. The second kappa shape index (κ2) is 6.26. The molecule has 3 nitrogen and oxygen atoms in total. The number of phenolic OH excluding ortho intramolecular Hbond substituents is 1. The van der Waals surface area contributed by atoms with Gasteiger partial charge in [-0.3, -0.25) is 4.79 Å². The van der Waals surface area contributed by atoms with E-state index in [-0.39, 0.29) is 16.6 Å². The average Bonchev–Trinajstić information content (AvgIpc) is 2.49. The standard InChI is InChI=1S/C16H13ClO3/c1-20-15-10-11(7-8-14(15)18)9-13(17)16(19)12-5-3-2-4-6-12/h2-10,18H,1H3. The Balaban J connectivity index is 2.29. The van der Waals surface area contributed by atoms with Crippen molar-refractivity contribution in [1.29, 1.82) is 0 Å². The van der Waals surface area contributed by atoms with Crippen LogP contribution in [0.25, 0.3) is 6.08 Å². The number of phenols is 1. The predicted octanol–water partition coefficient (Wildman–Crippen LogP) is 3.86. The molecule has 0 spiro atoms. The van der Waals surface area contributed by atoms with E-state index < -0.39 is 0 Å². The molecule has 102 valence electrons. The minimum Gasteiger partial charge on any atom is -0.504 e. The molecule has 0 bridgehead atoms. The van der Waals surface area contributed by atoms with E-state index in [4.69, 9.17) is 16.3 Å². The number of aromatic hydroxyl groups is 1. The molecule has 0 saturated carbocycles. The maximum absolute atomic E-state index is 12.1. The van der Waals surface area contributed by atoms with Crippen LogP contribution < -0.4 is 4.74 Å². The number of carbonyl (C=O) groups is 1. The van der Waals surface area contributed by atoms with Gasteiger partial charge >= 0.3 is 0 Å². The molecule has 0 saturated heterocycles. The molecule has 0 unspecified atom stereocenters. The van der Waals surface area contributed by atoms with Crippen LogP contribution in [0.1, 0.15) is 15.9 Å². The first-order valence-electron chi connectivity index (χ1n) is 5.96. The van der Waals surface area contributed by atoms with Crippen molar-refractivity contribution in [2.24, 2.45) is 0 Å². The third-order valence-electron chi connectivity index (χ3n) is 2.75. The summed E-state index contributed by atoms with van der Waals surface area (Å²) in [4.78, 5) is 12.1. The van der Waals surface area contributed by atoms with Gasteiger partial charge in [0, 0.05) is 5.56 Å². The van der Waals surface area contributed by atoms with Gasteiger partial charge in [-0.05, 0) is 23.8 Å². The molecule has 0 aliphatic heterocycles. The Morgan fingerprint density at radius 3 is 2.55 bits per heavy atom. The molecule has 0 aliphatic carbocycles. The van der Waals surface area contributed by atoms with Crippen LogP contribution in [0.4, 0.5) is 0 Å². The fourth-order valence-corrected chi connectivity index (χ4v) is 1.96. The zero-order valence-electron chi connectivity index (χ0n) is 10.8. The van der Waals surface area contributed by atoms with E-state index in [1.165, 1.54) is 13.2 Å². The van der Waals surface area contributed by atoms with Crippen LogP contribution in [0.2, 0.25) is 0 Å². The van der Waals surface area contributed by atoms with Crippen LogP contribution >= 0.6 is 11.6 Å². The summed E-state index contributed by atoms with van der Waals surface area (Å²) >= 11 is 6.04. The third-order valence-corrected chi connectivity index (χ3v) is 3.03. The van der Waals surface area contributed by atoms with Crippen molar-refractivity contribution in [3.05, 3.63) is 64.7 Å². The maximum atomic E-state index is 12.1. The smallest absolute Gasteiger partial charge is 0.204 e. The largest absolute Gasteiger partial charge is 0.504 e. The molecular formula is C16H13ClO3. The lowest BCUT2D eigenvalue weighted by atomic mass is 10.1. The number of rotatable bonds is 4. The number of hydrogen-bond acceptors (Lipinski definition) is 3. The molecular weight excluding hydrogens is 276 g/mol. The van der Waals surface area contributed by atoms with Gasteiger partial charge in [0.1, 0.15) is 0 Å². The van der Waals surface area contributed by atoms with Crippen molar-refractivity contribution in [3.8, 4) is 11.5 Å². The predicted molar refractivity (Wildman–Crippen MR) is 79.3 cm³/mol. The second-order valence-corrected chi connectivity index (χ2v) is 4.53. The maximum Gasteiger partial charge on any atom is 0.204 e. The first-order valence-corrected chi connectivity index (χ1v) is 6.33. The number of Topliss-reactive ketones (excluding diaryl/α,β-unsaturated/α-hetero) is 1. The average molecular weight is 289 g/mol. The Kier molecular flexibility index (Phi) is 4.43. The third kappa shape index (κ3) is 3.19. The van der Waals surface area contributed by atoms with Crippen molar-refractivity contribution < 1.29 is 14.6 Å². The molecule has 4 heteroatoms. The number of ketones is 1. The number of methoxy groups -OCH3 is 1. The molecule has 2 aromatic carbocycles. The van der Waals surface area contributed by atoms with Gasteiger partial charge in [-0.1, -0.05) is 48.0 Å². The van der Waals surface area contributed by atoms with E-state index in [1.54, 1.807) is 42.5 Å². The quantitative estimate of drug-likeness (QED) is 0.686. The van der Waals surface area contributed by atoms with Crippen molar-refractivity contribution in [2.45, 2.75) is 0 Å². The van der Waals surface area contributed by atoms with Gasteiger partial charge in [-0.2, -0.15) is 0 Å². The number of halogens is 1. The lowest BCUT2D eigenvalue weighted by Gasteiger charge is -2.04. The number of allylic oxidation sites excluding steroid dienone is 1. The molecule has 0 fully saturated rings. The lowest BCUT2D eigenvalue weighted by Crippen LogP contribution is -1.98. The first-order chi connectivity index (χ1) is 9.61. The van der Waals surface area contributed by atoms with E-state index in [0.717, 1.165) is 0 Å². The van der Waals surface area contributed by atoms with Gasteiger partial charge in [0.2, 0.25) is 5.78 Å². The minimum absolute atomic E-state index is 0.0372. The summed E-state index contributed by atoms with van der Waals surface area (Å²) in [5, 5.41) is 9.61.